The maximum Gasteiger partial charge on any atom is 0.297 e. The van der Waals surface area contributed by atoms with Crippen LogP contribution in [0.1, 0.15) is 19.3 Å². The molecule has 2 aromatic rings. The van der Waals surface area contributed by atoms with Gasteiger partial charge in [0.1, 0.15) is 6.61 Å². The van der Waals surface area contributed by atoms with E-state index in [0.29, 0.717) is 23.2 Å². The van der Waals surface area contributed by atoms with Gasteiger partial charge in [-0.05, 0) is 37.5 Å². The molecule has 1 aliphatic heterocycles. The zero-order chi connectivity index (χ0) is 13.9. The lowest BCUT2D eigenvalue weighted by Crippen LogP contribution is -2.26. The first-order chi connectivity index (χ1) is 9.72. The van der Waals surface area contributed by atoms with Crippen LogP contribution in [-0.2, 0) is 4.74 Å². The topological polar surface area (TPSA) is 90.2 Å². The Bertz CT molecular complexity index is 662. The second-order valence-corrected chi connectivity index (χ2v) is 4.95. The average Bonchev–Trinajstić information content (AvgIpc) is 2.47. The maximum absolute atomic E-state index is 11.9. The molecule has 6 heteroatoms. The molecule has 1 saturated heterocycles. The van der Waals surface area contributed by atoms with Gasteiger partial charge in [-0.1, -0.05) is 0 Å². The molecule has 2 heterocycles. The van der Waals surface area contributed by atoms with Crippen molar-refractivity contribution in [3.8, 4) is 6.01 Å². The largest absolute Gasteiger partial charge is 0.462 e. The van der Waals surface area contributed by atoms with Crippen LogP contribution in [0.5, 0.6) is 6.01 Å². The zero-order valence-electron chi connectivity index (χ0n) is 11.1. The average molecular weight is 275 g/mol. The highest BCUT2D eigenvalue weighted by atomic mass is 16.5. The van der Waals surface area contributed by atoms with Crippen molar-refractivity contribution < 1.29 is 9.47 Å². The Kier molecular flexibility index (Phi) is 3.56. The molecule has 1 fully saturated rings. The van der Waals surface area contributed by atoms with E-state index < -0.39 is 0 Å². The summed E-state index contributed by atoms with van der Waals surface area (Å²) in [4.78, 5) is 18.8. The van der Waals surface area contributed by atoms with Crippen molar-refractivity contribution in [1.29, 1.82) is 0 Å². The van der Waals surface area contributed by atoms with E-state index in [1.54, 1.807) is 18.2 Å². The summed E-state index contributed by atoms with van der Waals surface area (Å²) in [5.74, 6) is 0. The lowest BCUT2D eigenvalue weighted by molar-refractivity contribution is -0.0128. The number of hydrogen-bond donors (Lipinski definition) is 2. The van der Waals surface area contributed by atoms with E-state index in [-0.39, 0.29) is 17.7 Å². The second kappa shape index (κ2) is 5.50. The number of nitrogen functional groups attached to an aromatic ring is 1. The molecule has 0 saturated carbocycles. The van der Waals surface area contributed by atoms with Crippen LogP contribution in [0, 0.1) is 0 Å². The van der Waals surface area contributed by atoms with Crippen molar-refractivity contribution in [2.75, 3.05) is 18.9 Å². The number of nitrogens with zero attached hydrogens (tertiary/aromatic N) is 1. The molecule has 0 bridgehead atoms. The molecule has 3 rings (SSSR count). The normalized spacial score (nSPS) is 19.1. The van der Waals surface area contributed by atoms with E-state index in [9.17, 15) is 4.79 Å². The molecule has 0 amide bonds. The number of H-pyrrole nitrogens is 1. The molecular weight excluding hydrogens is 258 g/mol. The predicted molar refractivity (Wildman–Crippen MR) is 75.9 cm³/mol. The third-order valence-corrected chi connectivity index (χ3v) is 3.39. The summed E-state index contributed by atoms with van der Waals surface area (Å²) in [6, 6.07) is 5.25. The molecule has 1 aromatic carbocycles. The van der Waals surface area contributed by atoms with E-state index in [2.05, 4.69) is 9.97 Å². The van der Waals surface area contributed by atoms with Gasteiger partial charge in [0.05, 0.1) is 17.0 Å². The SMILES string of the molecule is Nc1ccc2nc(OCC3CCCCO3)[nH]c(=O)c2c1. The van der Waals surface area contributed by atoms with Gasteiger partial charge in [0, 0.05) is 12.3 Å². The van der Waals surface area contributed by atoms with Crippen molar-refractivity contribution in [3.63, 3.8) is 0 Å². The fourth-order valence-electron chi connectivity index (χ4n) is 2.31. The molecule has 1 aliphatic rings. The van der Waals surface area contributed by atoms with Crippen molar-refractivity contribution >= 4 is 16.6 Å². The van der Waals surface area contributed by atoms with Gasteiger partial charge in [0.2, 0.25) is 0 Å². The van der Waals surface area contributed by atoms with Gasteiger partial charge in [0.15, 0.2) is 0 Å². The van der Waals surface area contributed by atoms with E-state index in [1.165, 1.54) is 0 Å². The molecule has 1 unspecified atom stereocenters. The van der Waals surface area contributed by atoms with E-state index in [0.717, 1.165) is 25.9 Å². The number of nitrogens with one attached hydrogen (secondary N) is 1. The van der Waals surface area contributed by atoms with Crippen LogP contribution >= 0.6 is 0 Å². The Labute approximate surface area is 115 Å². The van der Waals surface area contributed by atoms with Gasteiger partial charge in [-0.3, -0.25) is 9.78 Å². The third-order valence-electron chi connectivity index (χ3n) is 3.39. The molecule has 1 aromatic heterocycles. The number of fused-ring (bicyclic) bond motifs is 1. The van der Waals surface area contributed by atoms with Crippen LogP contribution in [0.25, 0.3) is 10.9 Å². The molecule has 6 nitrogen and oxygen atoms in total. The summed E-state index contributed by atoms with van der Waals surface area (Å²) >= 11 is 0. The Morgan fingerprint density at radius 3 is 3.15 bits per heavy atom. The van der Waals surface area contributed by atoms with Crippen molar-refractivity contribution in [2.45, 2.75) is 25.4 Å². The number of nitrogens with two attached hydrogens (primary N) is 1. The Balaban J connectivity index is 1.78. The molecule has 106 valence electrons. The maximum atomic E-state index is 11.9. The number of ether oxygens (including phenoxy) is 2. The molecule has 20 heavy (non-hydrogen) atoms. The Morgan fingerprint density at radius 2 is 2.35 bits per heavy atom. The predicted octanol–water partition coefficient (Wildman–Crippen LogP) is 1.45. The first-order valence-electron chi connectivity index (χ1n) is 6.76. The van der Waals surface area contributed by atoms with Crippen molar-refractivity contribution in [2.24, 2.45) is 0 Å². The van der Waals surface area contributed by atoms with Crippen LogP contribution in [-0.4, -0.2) is 29.3 Å². The smallest absolute Gasteiger partial charge is 0.297 e. The summed E-state index contributed by atoms with van der Waals surface area (Å²) in [5, 5.41) is 0.464. The zero-order valence-corrected chi connectivity index (χ0v) is 11.1. The number of aromatic nitrogens is 2. The molecule has 0 aliphatic carbocycles. The number of hydrogen-bond acceptors (Lipinski definition) is 5. The highest BCUT2D eigenvalue weighted by molar-refractivity contribution is 5.81. The van der Waals surface area contributed by atoms with E-state index >= 15 is 0 Å². The minimum atomic E-state index is -0.248. The first kappa shape index (κ1) is 12.9. The first-order valence-corrected chi connectivity index (χ1v) is 6.76. The molecule has 0 spiro atoms. The van der Waals surface area contributed by atoms with Crippen LogP contribution in [0.15, 0.2) is 23.0 Å². The summed E-state index contributed by atoms with van der Waals surface area (Å²) in [6.45, 7) is 1.18. The molecule has 3 N–H and O–H groups in total. The highest BCUT2D eigenvalue weighted by Crippen LogP contribution is 2.16. The summed E-state index contributed by atoms with van der Waals surface area (Å²) in [5.41, 5.74) is 6.52. The van der Waals surface area contributed by atoms with Gasteiger partial charge >= 0.3 is 0 Å². The van der Waals surface area contributed by atoms with Crippen LogP contribution in [0.3, 0.4) is 0 Å². The quantitative estimate of drug-likeness (QED) is 0.827. The lowest BCUT2D eigenvalue weighted by atomic mass is 10.1. The minimum Gasteiger partial charge on any atom is -0.462 e. The minimum absolute atomic E-state index is 0.0798. The highest BCUT2D eigenvalue weighted by Gasteiger charge is 2.15. The van der Waals surface area contributed by atoms with Crippen LogP contribution in [0.4, 0.5) is 5.69 Å². The van der Waals surface area contributed by atoms with Crippen molar-refractivity contribution in [1.82, 2.24) is 9.97 Å². The van der Waals surface area contributed by atoms with Crippen LogP contribution in [0.2, 0.25) is 0 Å². The third kappa shape index (κ3) is 2.75. The summed E-state index contributed by atoms with van der Waals surface area (Å²) < 4.78 is 11.1. The molecular formula is C14H17N3O3. The van der Waals surface area contributed by atoms with E-state index in [4.69, 9.17) is 15.2 Å². The second-order valence-electron chi connectivity index (χ2n) is 4.95. The Hall–Kier alpha value is -2.08. The van der Waals surface area contributed by atoms with Gasteiger partial charge in [-0.2, -0.15) is 4.98 Å². The van der Waals surface area contributed by atoms with Crippen LogP contribution < -0.4 is 16.0 Å². The molecule has 1 atom stereocenters. The standard InChI is InChI=1S/C14H17N3O3/c15-9-4-5-12-11(7-9)13(18)17-14(16-12)20-8-10-3-1-2-6-19-10/h4-5,7,10H,1-3,6,8,15H2,(H,16,17,18). The molecule has 0 radical (unpaired) electrons. The van der Waals surface area contributed by atoms with Gasteiger partial charge in [-0.15, -0.1) is 0 Å². The summed E-state index contributed by atoms with van der Waals surface area (Å²) in [6.07, 6.45) is 3.31. The summed E-state index contributed by atoms with van der Waals surface area (Å²) in [7, 11) is 0. The lowest BCUT2D eigenvalue weighted by Gasteiger charge is -2.22. The fraction of sp³-hybridized carbons (Fsp3) is 0.429. The van der Waals surface area contributed by atoms with Gasteiger partial charge < -0.3 is 15.2 Å². The van der Waals surface area contributed by atoms with Gasteiger partial charge in [-0.25, -0.2) is 0 Å². The van der Waals surface area contributed by atoms with Gasteiger partial charge in [0.25, 0.3) is 11.6 Å². The fourth-order valence-corrected chi connectivity index (χ4v) is 2.31. The number of anilines is 1. The number of aromatic amines is 1. The Morgan fingerprint density at radius 1 is 1.45 bits per heavy atom. The number of benzene rings is 1. The van der Waals surface area contributed by atoms with E-state index in [1.807, 2.05) is 0 Å². The number of rotatable bonds is 3. The van der Waals surface area contributed by atoms with Crippen molar-refractivity contribution in [3.05, 3.63) is 28.6 Å². The monoisotopic (exact) mass is 275 g/mol.